The number of thioether (sulfide) groups is 1. The lowest BCUT2D eigenvalue weighted by molar-refractivity contribution is -0.123. The Morgan fingerprint density at radius 3 is 2.82 bits per heavy atom. The number of hydrogen-bond acceptors (Lipinski definition) is 6. The molecule has 22 heavy (non-hydrogen) atoms. The van der Waals surface area contributed by atoms with Gasteiger partial charge in [0.15, 0.2) is 9.84 Å². The Labute approximate surface area is 137 Å². The highest BCUT2D eigenvalue weighted by molar-refractivity contribution is 8.26. The minimum absolute atomic E-state index is 0.0289. The number of phenols is 1. The molecule has 1 unspecified atom stereocenters. The number of thiocarbonyl (C=S) groups is 1. The van der Waals surface area contributed by atoms with Gasteiger partial charge in [0.2, 0.25) is 0 Å². The number of carbonyl (C=O) groups is 1. The highest BCUT2D eigenvalue weighted by Gasteiger charge is 2.42. The van der Waals surface area contributed by atoms with Crippen LogP contribution in [0.1, 0.15) is 12.0 Å². The van der Waals surface area contributed by atoms with Crippen LogP contribution in [0.4, 0.5) is 0 Å². The lowest BCUT2D eigenvalue weighted by Crippen LogP contribution is -2.39. The first-order valence-electron chi connectivity index (χ1n) is 6.62. The highest BCUT2D eigenvalue weighted by Crippen LogP contribution is 2.36. The van der Waals surface area contributed by atoms with Gasteiger partial charge in [-0.15, -0.1) is 0 Å². The Kier molecular flexibility index (Phi) is 4.00. The maximum Gasteiger partial charge on any atom is 0.266 e. The molecule has 0 spiro atoms. The second-order valence-electron chi connectivity index (χ2n) is 5.20. The number of phenolic OH excluding ortho intramolecular Hbond substituents is 1. The van der Waals surface area contributed by atoms with Crippen LogP contribution in [0.15, 0.2) is 29.2 Å². The molecule has 0 bridgehead atoms. The van der Waals surface area contributed by atoms with Crippen LogP contribution in [-0.2, 0) is 14.6 Å². The number of amides is 1. The highest BCUT2D eigenvalue weighted by atomic mass is 32.2. The second kappa shape index (κ2) is 5.68. The third kappa shape index (κ3) is 3.04. The summed E-state index contributed by atoms with van der Waals surface area (Å²) < 4.78 is 23.6. The molecule has 0 saturated carbocycles. The summed E-state index contributed by atoms with van der Waals surface area (Å²) in [6, 6.07) is 6.18. The Bertz CT molecular complexity index is 785. The van der Waals surface area contributed by atoms with Gasteiger partial charge in [0, 0.05) is 0 Å². The van der Waals surface area contributed by atoms with Gasteiger partial charge in [0.25, 0.3) is 5.91 Å². The van der Waals surface area contributed by atoms with Crippen LogP contribution in [0, 0.1) is 0 Å². The number of hydrogen-bond donors (Lipinski definition) is 1. The molecule has 2 aliphatic heterocycles. The minimum atomic E-state index is -3.08. The molecule has 8 heteroatoms. The first-order chi connectivity index (χ1) is 10.4. The molecule has 1 amide bonds. The van der Waals surface area contributed by atoms with E-state index >= 15 is 0 Å². The van der Waals surface area contributed by atoms with Crippen molar-refractivity contribution in [2.75, 3.05) is 11.5 Å². The average Bonchev–Trinajstić information content (AvgIpc) is 2.90. The van der Waals surface area contributed by atoms with Crippen LogP contribution in [0.2, 0.25) is 0 Å². The number of benzene rings is 1. The van der Waals surface area contributed by atoms with Crippen LogP contribution < -0.4 is 0 Å². The Morgan fingerprint density at radius 2 is 2.18 bits per heavy atom. The van der Waals surface area contributed by atoms with E-state index in [1.807, 2.05) is 0 Å². The van der Waals surface area contributed by atoms with Crippen molar-refractivity contribution in [2.45, 2.75) is 12.5 Å². The van der Waals surface area contributed by atoms with Crippen molar-refractivity contribution in [2.24, 2.45) is 0 Å². The van der Waals surface area contributed by atoms with Gasteiger partial charge >= 0.3 is 0 Å². The molecule has 2 fully saturated rings. The van der Waals surface area contributed by atoms with Crippen LogP contribution in [0.3, 0.4) is 0 Å². The molecule has 3 rings (SSSR count). The average molecular weight is 355 g/mol. The van der Waals surface area contributed by atoms with Crippen LogP contribution in [0.25, 0.3) is 6.08 Å². The molecule has 0 aromatic heterocycles. The fourth-order valence-corrected chi connectivity index (χ4v) is 5.64. The summed E-state index contributed by atoms with van der Waals surface area (Å²) in [6.45, 7) is 0. The third-order valence-electron chi connectivity index (χ3n) is 3.57. The van der Waals surface area contributed by atoms with Crippen molar-refractivity contribution >= 4 is 50.1 Å². The molecule has 1 aromatic carbocycles. The van der Waals surface area contributed by atoms with Crippen molar-refractivity contribution in [1.29, 1.82) is 0 Å². The Balaban J connectivity index is 1.86. The molecule has 1 atom stereocenters. The van der Waals surface area contributed by atoms with Gasteiger partial charge in [0.1, 0.15) is 10.1 Å². The van der Waals surface area contributed by atoms with E-state index in [1.54, 1.807) is 30.3 Å². The summed E-state index contributed by atoms with van der Waals surface area (Å²) in [5, 5.41) is 9.46. The molecule has 116 valence electrons. The van der Waals surface area contributed by atoms with Crippen molar-refractivity contribution in [1.82, 2.24) is 4.90 Å². The summed E-state index contributed by atoms with van der Waals surface area (Å²) in [5.41, 5.74) is 0.694. The summed E-state index contributed by atoms with van der Waals surface area (Å²) in [4.78, 5) is 14.4. The zero-order valence-corrected chi connectivity index (χ0v) is 13.9. The predicted molar refractivity (Wildman–Crippen MR) is 90.2 cm³/mol. The molecule has 1 aromatic rings. The van der Waals surface area contributed by atoms with E-state index in [9.17, 15) is 18.3 Å². The largest absolute Gasteiger partial charge is 0.508 e. The second-order valence-corrected chi connectivity index (χ2v) is 9.11. The number of aromatic hydroxyl groups is 1. The van der Waals surface area contributed by atoms with E-state index in [4.69, 9.17) is 12.2 Å². The summed E-state index contributed by atoms with van der Waals surface area (Å²) in [6.07, 6.45) is 2.08. The maximum absolute atomic E-state index is 12.5. The normalized spacial score (nSPS) is 26.1. The molecular weight excluding hydrogens is 342 g/mol. The first-order valence-corrected chi connectivity index (χ1v) is 9.67. The smallest absolute Gasteiger partial charge is 0.266 e. The van der Waals surface area contributed by atoms with E-state index in [0.29, 0.717) is 21.2 Å². The Morgan fingerprint density at radius 1 is 1.41 bits per heavy atom. The van der Waals surface area contributed by atoms with Gasteiger partial charge in [-0.05, 0) is 30.2 Å². The number of nitrogens with zero attached hydrogens (tertiary/aromatic N) is 1. The first kappa shape index (κ1) is 15.5. The molecular formula is C14H13NO4S3. The van der Waals surface area contributed by atoms with Gasteiger partial charge < -0.3 is 5.11 Å². The molecule has 2 saturated heterocycles. The predicted octanol–water partition coefficient (Wildman–Crippen LogP) is 1.78. The molecule has 2 heterocycles. The standard InChI is InChI=1S/C14H13NO4S3/c16-11-3-1-2-9(6-11)7-12-13(17)15(14(20)21-12)10-4-5-22(18,19)8-10/h1-3,6-7,10,16H,4-5,8H2/b12-7-. The molecule has 0 radical (unpaired) electrons. The van der Waals surface area contributed by atoms with Crippen LogP contribution >= 0.6 is 24.0 Å². The van der Waals surface area contributed by atoms with E-state index in [2.05, 4.69) is 0 Å². The van der Waals surface area contributed by atoms with Gasteiger partial charge in [-0.1, -0.05) is 36.1 Å². The van der Waals surface area contributed by atoms with Crippen LogP contribution in [-0.4, -0.2) is 46.2 Å². The van der Waals surface area contributed by atoms with Gasteiger partial charge in [-0.3, -0.25) is 9.69 Å². The van der Waals surface area contributed by atoms with Crippen molar-refractivity contribution < 1.29 is 18.3 Å². The van der Waals surface area contributed by atoms with Crippen molar-refractivity contribution in [3.63, 3.8) is 0 Å². The lowest BCUT2D eigenvalue weighted by atomic mass is 10.2. The summed E-state index contributed by atoms with van der Waals surface area (Å²) in [5.74, 6) is -0.0781. The monoisotopic (exact) mass is 355 g/mol. The molecule has 0 aliphatic carbocycles. The molecule has 2 aliphatic rings. The minimum Gasteiger partial charge on any atom is -0.508 e. The number of carbonyl (C=O) groups excluding carboxylic acids is 1. The Hall–Kier alpha value is -1.38. The molecule has 1 N–H and O–H groups in total. The summed E-state index contributed by atoms with van der Waals surface area (Å²) in [7, 11) is -3.08. The van der Waals surface area contributed by atoms with Gasteiger partial charge in [-0.25, -0.2) is 8.42 Å². The molecule has 5 nitrogen and oxygen atoms in total. The van der Waals surface area contributed by atoms with E-state index in [-0.39, 0.29) is 29.2 Å². The third-order valence-corrected chi connectivity index (χ3v) is 6.65. The topological polar surface area (TPSA) is 74.7 Å². The zero-order valence-electron chi connectivity index (χ0n) is 11.4. The number of rotatable bonds is 2. The van der Waals surface area contributed by atoms with Gasteiger partial charge in [0.05, 0.1) is 22.5 Å². The quantitative estimate of drug-likeness (QED) is 0.644. The summed E-state index contributed by atoms with van der Waals surface area (Å²) >= 11 is 6.39. The fraction of sp³-hybridized carbons (Fsp3) is 0.286. The maximum atomic E-state index is 12.5. The fourth-order valence-electron chi connectivity index (χ4n) is 2.54. The van der Waals surface area contributed by atoms with Gasteiger partial charge in [-0.2, -0.15) is 0 Å². The number of sulfone groups is 1. The van der Waals surface area contributed by atoms with E-state index in [0.717, 1.165) is 11.8 Å². The zero-order chi connectivity index (χ0) is 15.9. The van der Waals surface area contributed by atoms with Crippen molar-refractivity contribution in [3.8, 4) is 5.75 Å². The van der Waals surface area contributed by atoms with E-state index < -0.39 is 9.84 Å². The lowest BCUT2D eigenvalue weighted by Gasteiger charge is -2.20. The van der Waals surface area contributed by atoms with E-state index in [1.165, 1.54) is 4.90 Å². The SMILES string of the molecule is O=C1/C(=C/c2cccc(O)c2)SC(=S)N1C1CCS(=O)(=O)C1. The van der Waals surface area contributed by atoms with Crippen LogP contribution in [0.5, 0.6) is 5.75 Å². The van der Waals surface area contributed by atoms with Crippen molar-refractivity contribution in [3.05, 3.63) is 34.7 Å².